The fourth-order valence-corrected chi connectivity index (χ4v) is 4.83. The van der Waals surface area contributed by atoms with Gasteiger partial charge in [0.1, 0.15) is 0 Å². The maximum absolute atomic E-state index is 5.06. The normalized spacial score (nSPS) is 17.5. The standard InChI is InChI=1S/C25H29N3/c1-19-11-13-20(14-12-19)27-15-17-28(18-16-27)25-21-7-3-2-4-9-23(21)26-24-10-6-5-8-22(24)25/h5-6,8,10-14H,2-4,7,9,15-18H2,1H3. The zero-order valence-corrected chi connectivity index (χ0v) is 16.8. The summed E-state index contributed by atoms with van der Waals surface area (Å²) in [5, 5.41) is 1.34. The van der Waals surface area contributed by atoms with E-state index in [9.17, 15) is 0 Å². The summed E-state index contributed by atoms with van der Waals surface area (Å²) in [5.41, 5.74) is 8.20. The van der Waals surface area contributed by atoms with Crippen LogP contribution in [0.1, 0.15) is 36.1 Å². The first-order valence-corrected chi connectivity index (χ1v) is 10.8. The fraction of sp³-hybridized carbons (Fsp3) is 0.400. The third-order valence-corrected chi connectivity index (χ3v) is 6.38. The Morgan fingerprint density at radius 1 is 0.750 bits per heavy atom. The Morgan fingerprint density at radius 2 is 1.46 bits per heavy atom. The van der Waals surface area contributed by atoms with Crippen molar-refractivity contribution in [2.24, 2.45) is 0 Å². The molecule has 3 aromatic rings. The van der Waals surface area contributed by atoms with Crippen molar-refractivity contribution < 1.29 is 0 Å². The first-order valence-electron chi connectivity index (χ1n) is 10.8. The van der Waals surface area contributed by atoms with E-state index in [1.807, 2.05) is 0 Å². The van der Waals surface area contributed by atoms with Crippen LogP contribution in [0.5, 0.6) is 0 Å². The Labute approximate surface area is 168 Å². The summed E-state index contributed by atoms with van der Waals surface area (Å²) >= 11 is 0. The molecule has 0 amide bonds. The van der Waals surface area contributed by atoms with Crippen molar-refractivity contribution in [2.45, 2.75) is 39.0 Å². The summed E-state index contributed by atoms with van der Waals surface area (Å²) in [6.45, 7) is 6.47. The molecule has 144 valence electrons. The summed E-state index contributed by atoms with van der Waals surface area (Å²) in [6.07, 6.45) is 6.22. The lowest BCUT2D eigenvalue weighted by Crippen LogP contribution is -2.47. The van der Waals surface area contributed by atoms with Gasteiger partial charge in [0.2, 0.25) is 0 Å². The van der Waals surface area contributed by atoms with E-state index in [1.54, 1.807) is 0 Å². The van der Waals surface area contributed by atoms with Gasteiger partial charge in [-0.2, -0.15) is 0 Å². The van der Waals surface area contributed by atoms with E-state index in [0.29, 0.717) is 0 Å². The maximum Gasteiger partial charge on any atom is 0.0726 e. The zero-order valence-electron chi connectivity index (χ0n) is 16.8. The first-order chi connectivity index (χ1) is 13.8. The molecule has 0 atom stereocenters. The average molecular weight is 372 g/mol. The number of hydrogen-bond acceptors (Lipinski definition) is 3. The van der Waals surface area contributed by atoms with Gasteiger partial charge in [-0.1, -0.05) is 42.3 Å². The van der Waals surface area contributed by atoms with Crippen molar-refractivity contribution in [2.75, 3.05) is 36.0 Å². The molecule has 0 radical (unpaired) electrons. The predicted octanol–water partition coefficient (Wildman–Crippen LogP) is 5.14. The fourth-order valence-electron chi connectivity index (χ4n) is 4.83. The lowest BCUT2D eigenvalue weighted by atomic mass is 10.00. The van der Waals surface area contributed by atoms with Crippen LogP contribution in [0.25, 0.3) is 10.9 Å². The zero-order chi connectivity index (χ0) is 18.9. The molecule has 2 aromatic carbocycles. The van der Waals surface area contributed by atoms with Crippen LogP contribution in [-0.2, 0) is 12.8 Å². The highest BCUT2D eigenvalue weighted by molar-refractivity contribution is 5.94. The number of aromatic nitrogens is 1. The molecule has 1 fully saturated rings. The molecule has 2 aliphatic rings. The Balaban J connectivity index is 1.48. The molecular formula is C25H29N3. The maximum atomic E-state index is 5.06. The summed E-state index contributed by atoms with van der Waals surface area (Å²) in [4.78, 5) is 10.2. The molecule has 0 saturated carbocycles. The molecule has 0 bridgehead atoms. The molecule has 2 heterocycles. The minimum Gasteiger partial charge on any atom is -0.368 e. The predicted molar refractivity (Wildman–Crippen MR) is 119 cm³/mol. The van der Waals surface area contributed by atoms with Crippen molar-refractivity contribution in [3.8, 4) is 0 Å². The second-order valence-corrected chi connectivity index (χ2v) is 8.27. The number of benzene rings is 2. The van der Waals surface area contributed by atoms with Crippen LogP contribution < -0.4 is 9.80 Å². The van der Waals surface area contributed by atoms with Gasteiger partial charge in [0.25, 0.3) is 0 Å². The van der Waals surface area contributed by atoms with Crippen molar-refractivity contribution in [3.63, 3.8) is 0 Å². The average Bonchev–Trinajstić information content (AvgIpc) is 2.98. The van der Waals surface area contributed by atoms with Crippen LogP contribution in [0.3, 0.4) is 0 Å². The topological polar surface area (TPSA) is 19.4 Å². The molecule has 0 unspecified atom stereocenters. The Kier molecular flexibility index (Phi) is 4.67. The van der Waals surface area contributed by atoms with Gasteiger partial charge >= 0.3 is 0 Å². The van der Waals surface area contributed by atoms with E-state index >= 15 is 0 Å². The molecule has 3 heteroatoms. The molecule has 0 spiro atoms. The van der Waals surface area contributed by atoms with Crippen LogP contribution >= 0.6 is 0 Å². The summed E-state index contributed by atoms with van der Waals surface area (Å²) in [7, 11) is 0. The van der Waals surface area contributed by atoms with Gasteiger partial charge in [-0.05, 0) is 56.4 Å². The quantitative estimate of drug-likeness (QED) is 0.582. The highest BCUT2D eigenvalue weighted by Gasteiger charge is 2.24. The lowest BCUT2D eigenvalue weighted by molar-refractivity contribution is 0.651. The van der Waals surface area contributed by atoms with E-state index in [2.05, 4.69) is 65.3 Å². The highest BCUT2D eigenvalue weighted by Crippen LogP contribution is 2.36. The monoisotopic (exact) mass is 371 g/mol. The smallest absolute Gasteiger partial charge is 0.0726 e. The van der Waals surface area contributed by atoms with E-state index in [4.69, 9.17) is 4.98 Å². The highest BCUT2D eigenvalue weighted by atomic mass is 15.3. The molecular weight excluding hydrogens is 342 g/mol. The van der Waals surface area contributed by atoms with E-state index in [1.165, 1.54) is 64.8 Å². The van der Waals surface area contributed by atoms with Crippen LogP contribution in [0.15, 0.2) is 48.5 Å². The van der Waals surface area contributed by atoms with Crippen LogP contribution in [-0.4, -0.2) is 31.2 Å². The molecule has 1 aliphatic heterocycles. The van der Waals surface area contributed by atoms with E-state index in [0.717, 1.165) is 32.6 Å². The molecule has 1 aliphatic carbocycles. The van der Waals surface area contributed by atoms with Gasteiger partial charge in [0.05, 0.1) is 11.2 Å². The van der Waals surface area contributed by atoms with Crippen LogP contribution in [0.4, 0.5) is 11.4 Å². The minimum absolute atomic E-state index is 1.08. The minimum atomic E-state index is 1.08. The van der Waals surface area contributed by atoms with Crippen molar-refractivity contribution in [1.29, 1.82) is 0 Å². The third-order valence-electron chi connectivity index (χ3n) is 6.38. The van der Waals surface area contributed by atoms with Crippen LogP contribution in [0.2, 0.25) is 0 Å². The van der Waals surface area contributed by atoms with Crippen molar-refractivity contribution >= 4 is 22.3 Å². The third kappa shape index (κ3) is 3.23. The van der Waals surface area contributed by atoms with Gasteiger partial charge < -0.3 is 9.80 Å². The summed E-state index contributed by atoms with van der Waals surface area (Å²) in [6, 6.07) is 17.7. The largest absolute Gasteiger partial charge is 0.368 e. The van der Waals surface area contributed by atoms with Crippen LogP contribution in [0, 0.1) is 6.92 Å². The number of rotatable bonds is 2. The molecule has 28 heavy (non-hydrogen) atoms. The Bertz CT molecular complexity index is 969. The summed E-state index contributed by atoms with van der Waals surface area (Å²) in [5.74, 6) is 0. The first kappa shape index (κ1) is 17.5. The van der Waals surface area contributed by atoms with E-state index in [-0.39, 0.29) is 0 Å². The van der Waals surface area contributed by atoms with E-state index < -0.39 is 0 Å². The molecule has 3 nitrogen and oxygen atoms in total. The number of piperazine rings is 1. The molecule has 1 saturated heterocycles. The Morgan fingerprint density at radius 3 is 2.29 bits per heavy atom. The second kappa shape index (κ2) is 7.46. The van der Waals surface area contributed by atoms with Gasteiger partial charge in [-0.15, -0.1) is 0 Å². The molecule has 1 aromatic heterocycles. The van der Waals surface area contributed by atoms with Gasteiger partial charge in [-0.25, -0.2) is 0 Å². The number of anilines is 2. The molecule has 5 rings (SSSR count). The number of fused-ring (bicyclic) bond motifs is 2. The number of pyridine rings is 1. The van der Waals surface area contributed by atoms with Crippen molar-refractivity contribution in [1.82, 2.24) is 4.98 Å². The number of nitrogens with zero attached hydrogens (tertiary/aromatic N) is 3. The summed E-state index contributed by atoms with van der Waals surface area (Å²) < 4.78 is 0. The van der Waals surface area contributed by atoms with Gasteiger partial charge in [0.15, 0.2) is 0 Å². The number of aryl methyl sites for hydroxylation is 2. The van der Waals surface area contributed by atoms with Gasteiger partial charge in [0, 0.05) is 42.9 Å². The molecule has 0 N–H and O–H groups in total. The van der Waals surface area contributed by atoms with Crippen molar-refractivity contribution in [3.05, 3.63) is 65.4 Å². The SMILES string of the molecule is Cc1ccc(N2CCN(c3c4c(nc5ccccc35)CCCCC4)CC2)cc1. The number of hydrogen-bond donors (Lipinski definition) is 0. The van der Waals surface area contributed by atoms with Gasteiger partial charge in [-0.3, -0.25) is 4.98 Å². The second-order valence-electron chi connectivity index (χ2n) is 8.27. The Hall–Kier alpha value is -2.55. The number of para-hydroxylation sites is 1. The lowest BCUT2D eigenvalue weighted by Gasteiger charge is -2.39.